The second kappa shape index (κ2) is 7.26. The van der Waals surface area contributed by atoms with Crippen LogP contribution in [0.4, 0.5) is 5.69 Å². The molecule has 2 heterocycles. The molecule has 0 saturated carbocycles. The van der Waals surface area contributed by atoms with Crippen LogP contribution >= 0.6 is 0 Å². The third-order valence-electron chi connectivity index (χ3n) is 4.91. The minimum Gasteiger partial charge on any atom is -0.497 e. The normalized spacial score (nSPS) is 15.6. The van der Waals surface area contributed by atoms with Gasteiger partial charge in [-0.1, -0.05) is 0 Å². The number of fused-ring (bicyclic) bond motifs is 1. The van der Waals surface area contributed by atoms with Crippen LogP contribution in [0.1, 0.15) is 10.4 Å². The molecule has 7 nitrogen and oxygen atoms in total. The van der Waals surface area contributed by atoms with Crippen LogP contribution in [0.2, 0.25) is 0 Å². The summed E-state index contributed by atoms with van der Waals surface area (Å²) in [7, 11) is 3.30. The maximum Gasteiger partial charge on any atom is 0.254 e. The van der Waals surface area contributed by atoms with Gasteiger partial charge in [0.1, 0.15) is 11.5 Å². The highest BCUT2D eigenvalue weighted by Crippen LogP contribution is 2.34. The molecule has 2 aliphatic rings. The topological polar surface area (TPSA) is 60.5 Å². The third kappa shape index (κ3) is 3.32. The van der Waals surface area contributed by atoms with Crippen molar-refractivity contribution in [3.63, 3.8) is 0 Å². The molecule has 1 fully saturated rings. The highest BCUT2D eigenvalue weighted by atomic mass is 16.7. The van der Waals surface area contributed by atoms with Crippen molar-refractivity contribution >= 4 is 11.6 Å². The van der Waals surface area contributed by atoms with E-state index < -0.39 is 0 Å². The first-order valence-electron chi connectivity index (χ1n) is 8.85. The third-order valence-corrected chi connectivity index (χ3v) is 4.91. The first-order chi connectivity index (χ1) is 13.2. The fourth-order valence-electron chi connectivity index (χ4n) is 3.41. The van der Waals surface area contributed by atoms with Crippen LogP contribution in [0.5, 0.6) is 23.0 Å². The Hall–Kier alpha value is -3.09. The van der Waals surface area contributed by atoms with Gasteiger partial charge >= 0.3 is 0 Å². The molecule has 0 aliphatic carbocycles. The summed E-state index contributed by atoms with van der Waals surface area (Å²) >= 11 is 0. The molecule has 2 aromatic carbocycles. The molecule has 2 aromatic rings. The fraction of sp³-hybridized carbons (Fsp3) is 0.350. The highest BCUT2D eigenvalue weighted by Gasteiger charge is 2.25. The van der Waals surface area contributed by atoms with E-state index in [0.29, 0.717) is 30.2 Å². The van der Waals surface area contributed by atoms with Gasteiger partial charge in [0.15, 0.2) is 11.5 Å². The number of anilines is 1. The molecule has 0 N–H and O–H groups in total. The summed E-state index contributed by atoms with van der Waals surface area (Å²) in [4.78, 5) is 16.9. The zero-order valence-electron chi connectivity index (χ0n) is 15.4. The van der Waals surface area contributed by atoms with Crippen molar-refractivity contribution in [2.24, 2.45) is 0 Å². The number of hydrogen-bond acceptors (Lipinski definition) is 6. The van der Waals surface area contributed by atoms with Crippen LogP contribution in [-0.2, 0) is 0 Å². The van der Waals surface area contributed by atoms with E-state index in [1.54, 1.807) is 32.4 Å². The quantitative estimate of drug-likeness (QED) is 0.824. The lowest BCUT2D eigenvalue weighted by atomic mass is 10.1. The average Bonchev–Trinajstić information content (AvgIpc) is 3.20. The minimum absolute atomic E-state index is 0.00515. The van der Waals surface area contributed by atoms with Crippen LogP contribution in [0.3, 0.4) is 0 Å². The van der Waals surface area contributed by atoms with E-state index in [-0.39, 0.29) is 12.7 Å². The zero-order valence-corrected chi connectivity index (χ0v) is 15.4. The Kier molecular flexibility index (Phi) is 4.66. The molecule has 0 unspecified atom stereocenters. The number of nitrogens with zero attached hydrogens (tertiary/aromatic N) is 2. The van der Waals surface area contributed by atoms with Crippen LogP contribution in [-0.4, -0.2) is 58.0 Å². The summed E-state index contributed by atoms with van der Waals surface area (Å²) in [5.74, 6) is 2.89. The SMILES string of the molecule is COc1ccc(OC)c(N2CCN(C(=O)c3ccc4c(c3)OCO4)CC2)c1. The molecule has 0 atom stereocenters. The van der Waals surface area contributed by atoms with E-state index in [1.807, 2.05) is 23.1 Å². The molecular formula is C20H22N2O5. The van der Waals surface area contributed by atoms with Gasteiger partial charge in [0.2, 0.25) is 6.79 Å². The number of ether oxygens (including phenoxy) is 4. The van der Waals surface area contributed by atoms with Gasteiger partial charge in [-0.3, -0.25) is 4.79 Å². The van der Waals surface area contributed by atoms with Crippen LogP contribution < -0.4 is 23.8 Å². The van der Waals surface area contributed by atoms with Gasteiger partial charge < -0.3 is 28.7 Å². The van der Waals surface area contributed by atoms with Crippen LogP contribution in [0, 0.1) is 0 Å². The van der Waals surface area contributed by atoms with Crippen molar-refractivity contribution in [1.29, 1.82) is 0 Å². The summed E-state index contributed by atoms with van der Waals surface area (Å²) in [6.07, 6.45) is 0. The maximum atomic E-state index is 12.8. The molecule has 0 bridgehead atoms. The van der Waals surface area contributed by atoms with Gasteiger partial charge in [-0.05, 0) is 30.3 Å². The molecule has 142 valence electrons. The van der Waals surface area contributed by atoms with Gasteiger partial charge in [-0.2, -0.15) is 0 Å². The van der Waals surface area contributed by atoms with Crippen LogP contribution in [0.25, 0.3) is 0 Å². The van der Waals surface area contributed by atoms with E-state index in [0.717, 1.165) is 30.3 Å². The van der Waals surface area contributed by atoms with E-state index >= 15 is 0 Å². The van der Waals surface area contributed by atoms with Crippen molar-refractivity contribution in [2.75, 3.05) is 52.1 Å². The number of benzene rings is 2. The van der Waals surface area contributed by atoms with Crippen molar-refractivity contribution in [1.82, 2.24) is 4.90 Å². The highest BCUT2D eigenvalue weighted by molar-refractivity contribution is 5.95. The molecule has 27 heavy (non-hydrogen) atoms. The molecular weight excluding hydrogens is 348 g/mol. The van der Waals surface area contributed by atoms with E-state index in [9.17, 15) is 4.79 Å². The number of methoxy groups -OCH3 is 2. The van der Waals surface area contributed by atoms with E-state index in [1.165, 1.54) is 0 Å². The Morgan fingerprint density at radius 1 is 0.926 bits per heavy atom. The molecule has 0 aromatic heterocycles. The summed E-state index contributed by atoms with van der Waals surface area (Å²) in [5, 5.41) is 0. The van der Waals surface area contributed by atoms with Gasteiger partial charge in [-0.25, -0.2) is 0 Å². The first kappa shape index (κ1) is 17.3. The lowest BCUT2D eigenvalue weighted by Crippen LogP contribution is -2.48. The molecule has 7 heteroatoms. The lowest BCUT2D eigenvalue weighted by molar-refractivity contribution is 0.0746. The summed E-state index contributed by atoms with van der Waals surface area (Å²) in [6.45, 7) is 2.91. The number of rotatable bonds is 4. The summed E-state index contributed by atoms with van der Waals surface area (Å²) < 4.78 is 21.5. The predicted molar refractivity (Wildman–Crippen MR) is 100 cm³/mol. The van der Waals surface area contributed by atoms with E-state index in [4.69, 9.17) is 18.9 Å². The smallest absolute Gasteiger partial charge is 0.254 e. The van der Waals surface area contributed by atoms with Gasteiger partial charge in [-0.15, -0.1) is 0 Å². The van der Waals surface area contributed by atoms with E-state index in [2.05, 4.69) is 4.90 Å². The van der Waals surface area contributed by atoms with Gasteiger partial charge in [0.25, 0.3) is 5.91 Å². The Balaban J connectivity index is 1.45. The molecule has 0 spiro atoms. The first-order valence-corrected chi connectivity index (χ1v) is 8.85. The predicted octanol–water partition coefficient (Wildman–Crippen LogP) is 2.39. The van der Waals surface area contributed by atoms with Gasteiger partial charge in [0.05, 0.1) is 19.9 Å². The molecule has 1 saturated heterocycles. The number of amides is 1. The fourth-order valence-corrected chi connectivity index (χ4v) is 3.41. The average molecular weight is 370 g/mol. The maximum absolute atomic E-state index is 12.8. The lowest BCUT2D eigenvalue weighted by Gasteiger charge is -2.36. The Morgan fingerprint density at radius 2 is 1.70 bits per heavy atom. The number of hydrogen-bond donors (Lipinski definition) is 0. The monoisotopic (exact) mass is 370 g/mol. The van der Waals surface area contributed by atoms with Crippen molar-refractivity contribution in [3.8, 4) is 23.0 Å². The molecule has 2 aliphatic heterocycles. The standard InChI is InChI=1S/C20H22N2O5/c1-24-15-4-6-17(25-2)16(12-15)21-7-9-22(10-8-21)20(23)14-3-5-18-19(11-14)27-13-26-18/h3-6,11-12H,7-10,13H2,1-2H3. The number of carbonyl (C=O) groups excluding carboxylic acids is 1. The molecule has 1 amide bonds. The van der Waals surface area contributed by atoms with Gasteiger partial charge in [0, 0.05) is 37.8 Å². The minimum atomic E-state index is 0.00515. The molecule has 0 radical (unpaired) electrons. The second-order valence-electron chi connectivity index (χ2n) is 6.39. The number of piperazine rings is 1. The van der Waals surface area contributed by atoms with Crippen LogP contribution in [0.15, 0.2) is 36.4 Å². The summed E-state index contributed by atoms with van der Waals surface area (Å²) in [6, 6.07) is 11.1. The largest absolute Gasteiger partial charge is 0.497 e. The number of carbonyl (C=O) groups is 1. The zero-order chi connectivity index (χ0) is 18.8. The Bertz CT molecular complexity index is 846. The summed E-state index contributed by atoms with van der Waals surface area (Å²) in [5.41, 5.74) is 1.60. The Labute approximate surface area is 158 Å². The van der Waals surface area contributed by atoms with Crippen molar-refractivity contribution in [3.05, 3.63) is 42.0 Å². The molecule has 4 rings (SSSR count). The Morgan fingerprint density at radius 3 is 2.44 bits per heavy atom. The van der Waals surface area contributed by atoms with Crippen molar-refractivity contribution in [2.45, 2.75) is 0 Å². The van der Waals surface area contributed by atoms with Crippen molar-refractivity contribution < 1.29 is 23.7 Å². The second-order valence-corrected chi connectivity index (χ2v) is 6.39.